The molecule has 0 saturated heterocycles. The predicted octanol–water partition coefficient (Wildman–Crippen LogP) is 14.7. The molecule has 4 heterocycles. The molecule has 0 amide bonds. The van der Waals surface area contributed by atoms with Gasteiger partial charge in [-0.3, -0.25) is 9.97 Å². The summed E-state index contributed by atoms with van der Waals surface area (Å²) >= 11 is 0. The molecule has 6 nitrogen and oxygen atoms in total. The summed E-state index contributed by atoms with van der Waals surface area (Å²) in [7, 11) is 0. The van der Waals surface area contributed by atoms with Gasteiger partial charge in [0.2, 0.25) is 5.89 Å². The van der Waals surface area contributed by atoms with Crippen molar-refractivity contribution in [2.75, 3.05) is 0 Å². The molecular weight excluding hydrogens is 941 g/mol. The van der Waals surface area contributed by atoms with Gasteiger partial charge in [-0.25, -0.2) is 0 Å². The first-order valence-corrected chi connectivity index (χ1v) is 20.7. The molecule has 1 radical (unpaired) electrons. The van der Waals surface area contributed by atoms with Gasteiger partial charge in [0.25, 0.3) is 0 Å². The first kappa shape index (κ1) is 40.5. The number of furan rings is 1. The number of nitrogens with zero attached hydrogens (tertiary/aromatic N) is 4. The summed E-state index contributed by atoms with van der Waals surface area (Å²) in [6.45, 7) is 9.08. The second-order valence-corrected chi connectivity index (χ2v) is 15.8. The maximum atomic E-state index is 6.71. The second kappa shape index (κ2) is 17.2. The minimum absolute atomic E-state index is 0. The molecule has 0 N–H and O–H groups in total. The first-order chi connectivity index (χ1) is 29.9. The molecule has 0 unspecified atom stereocenters. The number of hydrogen-bond donors (Lipinski definition) is 0. The topological polar surface area (TPSA) is 69.9 Å². The molecule has 0 aliphatic carbocycles. The fraction of sp³-hybridized carbons (Fsp3) is 0.109. The molecule has 0 aliphatic heterocycles. The standard InChI is InChI=1S/C44H34N3O2.C11H8N.Ir/c1-26(2)32-23-30(28-15-7-5-8-16-28)24-33(27(3)4)41(32)47-36-21-13-12-20-35(36)45-43(47)34-25-38-40(46-44(49-38)29-17-9-6-10-18-29)39-31-19-11-14-22-37(31)48-42(34)39;1-2-6-10(7-3-1)11-8-4-5-9-12-11;/h5-24,26-27H,1-4H3;1-6,8-9H;/q2*-1;. The van der Waals surface area contributed by atoms with Crippen molar-refractivity contribution in [2.24, 2.45) is 0 Å². The average Bonchev–Trinajstić information content (AvgIpc) is 4.03. The van der Waals surface area contributed by atoms with E-state index in [1.807, 2.05) is 97.1 Å². The van der Waals surface area contributed by atoms with Gasteiger partial charge in [-0.1, -0.05) is 130 Å². The third kappa shape index (κ3) is 7.44. The Hall–Kier alpha value is -6.92. The predicted molar refractivity (Wildman–Crippen MR) is 248 cm³/mol. The van der Waals surface area contributed by atoms with Crippen LogP contribution in [0.1, 0.15) is 50.7 Å². The minimum Gasteiger partial charge on any atom is -0.500 e. The van der Waals surface area contributed by atoms with E-state index in [9.17, 15) is 0 Å². The summed E-state index contributed by atoms with van der Waals surface area (Å²) in [6, 6.07) is 62.3. The van der Waals surface area contributed by atoms with Crippen LogP contribution in [0, 0.1) is 12.1 Å². The Bertz CT molecular complexity index is 3230. The van der Waals surface area contributed by atoms with Crippen LogP contribution in [-0.4, -0.2) is 19.5 Å². The number of oxazole rings is 1. The molecule has 0 atom stereocenters. The van der Waals surface area contributed by atoms with Gasteiger partial charge in [0.1, 0.15) is 5.58 Å². The molecule has 7 aromatic carbocycles. The molecule has 305 valence electrons. The molecule has 4 aromatic heterocycles. The third-order valence-corrected chi connectivity index (χ3v) is 11.1. The van der Waals surface area contributed by atoms with Crippen molar-refractivity contribution in [3.63, 3.8) is 0 Å². The zero-order chi connectivity index (χ0) is 41.5. The number of hydrogen-bond acceptors (Lipinski definition) is 5. The van der Waals surface area contributed by atoms with Gasteiger partial charge < -0.3 is 18.4 Å². The zero-order valence-corrected chi connectivity index (χ0v) is 37.2. The smallest absolute Gasteiger partial charge is 0.215 e. The Balaban J connectivity index is 0.000000325. The van der Waals surface area contributed by atoms with Gasteiger partial charge >= 0.3 is 0 Å². The number of fused-ring (bicyclic) bond motifs is 6. The zero-order valence-electron chi connectivity index (χ0n) is 34.8. The van der Waals surface area contributed by atoms with Gasteiger partial charge in [-0.15, -0.1) is 35.9 Å². The van der Waals surface area contributed by atoms with Crippen LogP contribution in [0.4, 0.5) is 0 Å². The monoisotopic (exact) mass is 983 g/mol. The van der Waals surface area contributed by atoms with Crippen molar-refractivity contribution in [3.8, 4) is 50.9 Å². The Kier molecular flexibility index (Phi) is 11.2. The van der Waals surface area contributed by atoms with Crippen LogP contribution in [0.3, 0.4) is 0 Å². The van der Waals surface area contributed by atoms with Crippen LogP contribution in [-0.2, 0) is 20.1 Å². The van der Waals surface area contributed by atoms with Crippen molar-refractivity contribution < 1.29 is 28.9 Å². The fourth-order valence-corrected chi connectivity index (χ4v) is 8.17. The van der Waals surface area contributed by atoms with E-state index in [2.05, 4.69) is 116 Å². The summed E-state index contributed by atoms with van der Waals surface area (Å²) in [5.74, 6) is 1.78. The molecule has 0 fully saturated rings. The maximum Gasteiger partial charge on any atom is 0.215 e. The van der Waals surface area contributed by atoms with Crippen molar-refractivity contribution in [2.45, 2.75) is 39.5 Å². The van der Waals surface area contributed by atoms with Crippen molar-refractivity contribution in [1.29, 1.82) is 0 Å². The van der Waals surface area contributed by atoms with E-state index in [1.54, 1.807) is 6.20 Å². The van der Waals surface area contributed by atoms with Gasteiger partial charge in [0.05, 0.1) is 28.0 Å². The first-order valence-electron chi connectivity index (χ1n) is 20.7. The summed E-state index contributed by atoms with van der Waals surface area (Å²) in [5, 5.41) is 1.88. The number of para-hydroxylation sites is 3. The Morgan fingerprint density at radius 3 is 1.97 bits per heavy atom. The maximum absolute atomic E-state index is 6.71. The van der Waals surface area contributed by atoms with Gasteiger partial charge in [0.15, 0.2) is 0 Å². The van der Waals surface area contributed by atoms with Crippen molar-refractivity contribution >= 4 is 44.1 Å². The fourth-order valence-electron chi connectivity index (χ4n) is 8.17. The van der Waals surface area contributed by atoms with E-state index in [0.29, 0.717) is 17.1 Å². The summed E-state index contributed by atoms with van der Waals surface area (Å²) in [5.41, 5.74) is 14.4. The third-order valence-electron chi connectivity index (χ3n) is 11.1. The largest absolute Gasteiger partial charge is 0.500 e. The van der Waals surface area contributed by atoms with E-state index in [4.69, 9.17) is 18.8 Å². The van der Waals surface area contributed by atoms with Crippen LogP contribution in [0.5, 0.6) is 0 Å². The number of rotatable bonds is 7. The molecule has 11 rings (SSSR count). The second-order valence-electron chi connectivity index (χ2n) is 15.8. The van der Waals surface area contributed by atoms with Crippen molar-refractivity contribution in [3.05, 3.63) is 193 Å². The average molecular weight is 983 g/mol. The minimum atomic E-state index is 0. The molecule has 7 heteroatoms. The number of benzene rings is 7. The Labute approximate surface area is 374 Å². The van der Waals surface area contributed by atoms with Crippen LogP contribution >= 0.6 is 0 Å². The number of pyridine rings is 1. The van der Waals surface area contributed by atoms with Crippen LogP contribution in [0.25, 0.3) is 95.0 Å². The van der Waals surface area contributed by atoms with Gasteiger partial charge in [-0.05, 0) is 93.7 Å². The quantitative estimate of drug-likeness (QED) is 0.149. The molecule has 0 spiro atoms. The van der Waals surface area contributed by atoms with E-state index >= 15 is 0 Å². The Morgan fingerprint density at radius 2 is 1.27 bits per heavy atom. The number of imidazole rings is 1. The molecule has 11 aromatic rings. The molecule has 0 bridgehead atoms. The van der Waals surface area contributed by atoms with Gasteiger partial charge in [-0.2, -0.15) is 0 Å². The molecule has 62 heavy (non-hydrogen) atoms. The van der Waals surface area contributed by atoms with E-state index < -0.39 is 0 Å². The van der Waals surface area contributed by atoms with E-state index in [-0.39, 0.29) is 31.9 Å². The van der Waals surface area contributed by atoms with Gasteiger partial charge in [0, 0.05) is 48.5 Å². The Morgan fingerprint density at radius 1 is 0.613 bits per heavy atom. The van der Waals surface area contributed by atoms with Crippen LogP contribution < -0.4 is 0 Å². The van der Waals surface area contributed by atoms with Crippen LogP contribution in [0.2, 0.25) is 0 Å². The number of aromatic nitrogens is 4. The summed E-state index contributed by atoms with van der Waals surface area (Å²) in [4.78, 5) is 14.6. The molecule has 0 aliphatic rings. The van der Waals surface area contributed by atoms with E-state index in [1.165, 1.54) is 22.3 Å². The molecular formula is C55H42IrN4O2-2. The molecule has 0 saturated carbocycles. The normalized spacial score (nSPS) is 11.4. The summed E-state index contributed by atoms with van der Waals surface area (Å²) in [6.07, 6.45) is 1.79. The summed E-state index contributed by atoms with van der Waals surface area (Å²) < 4.78 is 15.5. The van der Waals surface area contributed by atoms with Crippen molar-refractivity contribution in [1.82, 2.24) is 19.5 Å². The SMILES string of the molecule is CC(C)c1cc(-c2ccccc2)cc(C(C)C)c1-n1c(-c2[c-]c3oc(-c4ccccc4)nc3c3c2oc2ccccc23)nc2ccccc21.[Ir].[c-]1ccccc1-c1ccccn1. The van der Waals surface area contributed by atoms with Crippen LogP contribution in [0.15, 0.2) is 179 Å². The van der Waals surface area contributed by atoms with E-state index in [0.717, 1.165) is 66.8 Å².